The van der Waals surface area contributed by atoms with Gasteiger partial charge in [0.15, 0.2) is 0 Å². The monoisotopic (exact) mass is 490 g/mol. The van der Waals surface area contributed by atoms with E-state index in [1.54, 1.807) is 5.82 Å². The van der Waals surface area contributed by atoms with Gasteiger partial charge in [-0.05, 0) is 32.1 Å². The molecule has 0 bridgehead atoms. The largest absolute Gasteiger partial charge is 0.256 e. The molecule has 0 aliphatic carbocycles. The molecule has 0 N–H and O–H groups in total. The highest BCUT2D eigenvalue weighted by Gasteiger charge is 2.16. The maximum atomic E-state index is 2.60. The van der Waals surface area contributed by atoms with E-state index in [-0.39, 0.29) is 0 Å². The number of unbranched alkanes of at least 4 members (excludes halogenated alkanes) is 21. The van der Waals surface area contributed by atoms with Gasteiger partial charge in [-0.1, -0.05) is 143 Å². The Labute approximate surface area is 221 Å². The Morgan fingerprint density at radius 2 is 0.886 bits per heavy atom. The molecule has 0 saturated heterocycles. The molecule has 0 radical (unpaired) electrons. The zero-order valence-electron chi connectivity index (χ0n) is 24.6. The highest BCUT2D eigenvalue weighted by Crippen LogP contribution is 2.13. The summed E-state index contributed by atoms with van der Waals surface area (Å²) in [6.45, 7) is 9.39. The van der Waals surface area contributed by atoms with Crippen LogP contribution in [-0.4, -0.2) is 4.57 Å². The van der Waals surface area contributed by atoms with E-state index >= 15 is 0 Å². The topological polar surface area (TPSA) is 8.81 Å². The van der Waals surface area contributed by atoms with Crippen LogP contribution < -0.4 is 4.57 Å². The maximum absolute atomic E-state index is 2.60. The van der Waals surface area contributed by atoms with E-state index < -0.39 is 0 Å². The Morgan fingerprint density at radius 3 is 1.37 bits per heavy atom. The molecule has 0 spiro atoms. The smallest absolute Gasteiger partial charge is 0.234 e. The number of hydrogen-bond donors (Lipinski definition) is 0. The van der Waals surface area contributed by atoms with Gasteiger partial charge in [-0.2, -0.15) is 0 Å². The molecular formula is C33H65N2+. The first-order valence-corrected chi connectivity index (χ1v) is 16.4. The standard InChI is InChI=1S/C33H65N2/c1-4-7-10-13-15-17-19-21-23-26-29-34-31-32-35(33(34)28-25-12-9-6-3)30-27-24-22-20-18-16-14-11-8-5-2/h31-32H,4-30H2,1-3H3/q+1. The zero-order chi connectivity index (χ0) is 25.2. The van der Waals surface area contributed by atoms with Crippen LogP contribution in [-0.2, 0) is 19.5 Å². The van der Waals surface area contributed by atoms with Crippen LogP contribution in [0.15, 0.2) is 12.4 Å². The fourth-order valence-corrected chi connectivity index (χ4v) is 5.44. The van der Waals surface area contributed by atoms with Gasteiger partial charge in [0, 0.05) is 6.42 Å². The molecule has 0 aliphatic heterocycles. The van der Waals surface area contributed by atoms with E-state index in [4.69, 9.17) is 0 Å². The first-order valence-electron chi connectivity index (χ1n) is 16.4. The minimum absolute atomic E-state index is 1.23. The second-order valence-corrected chi connectivity index (χ2v) is 11.3. The summed E-state index contributed by atoms with van der Waals surface area (Å²) in [5.74, 6) is 1.60. The van der Waals surface area contributed by atoms with Gasteiger partial charge in [0.25, 0.3) is 5.82 Å². The summed E-state index contributed by atoms with van der Waals surface area (Å²) in [6.07, 6.45) is 40.0. The molecule has 0 unspecified atom stereocenters. The van der Waals surface area contributed by atoms with E-state index in [9.17, 15) is 0 Å². The van der Waals surface area contributed by atoms with E-state index in [2.05, 4.69) is 42.3 Å². The highest BCUT2D eigenvalue weighted by atomic mass is 15.1. The van der Waals surface area contributed by atoms with E-state index in [1.807, 2.05) is 0 Å². The third-order valence-electron chi connectivity index (χ3n) is 7.85. The Hall–Kier alpha value is -0.790. The lowest BCUT2D eigenvalue weighted by Gasteiger charge is -2.07. The SMILES string of the molecule is CCCCCCCCCCCCn1cc[n+](CCCCCCCCCCCC)c1CCCCCC. The number of nitrogens with zero attached hydrogens (tertiary/aromatic N) is 2. The average molecular weight is 490 g/mol. The third-order valence-corrected chi connectivity index (χ3v) is 7.85. The number of rotatable bonds is 27. The number of hydrogen-bond acceptors (Lipinski definition) is 0. The van der Waals surface area contributed by atoms with Gasteiger partial charge in [-0.3, -0.25) is 0 Å². The Kier molecular flexibility index (Phi) is 22.9. The zero-order valence-corrected chi connectivity index (χ0v) is 24.6. The van der Waals surface area contributed by atoms with Crippen LogP contribution in [0, 0.1) is 0 Å². The molecular weight excluding hydrogens is 424 g/mol. The number of imidazole rings is 1. The van der Waals surface area contributed by atoms with Crippen molar-refractivity contribution in [1.29, 1.82) is 0 Å². The van der Waals surface area contributed by atoms with E-state index in [0.29, 0.717) is 0 Å². The minimum atomic E-state index is 1.23. The van der Waals surface area contributed by atoms with Crippen molar-refractivity contribution >= 4 is 0 Å². The lowest BCUT2D eigenvalue weighted by molar-refractivity contribution is -0.704. The molecule has 35 heavy (non-hydrogen) atoms. The van der Waals surface area contributed by atoms with E-state index in [1.165, 1.54) is 174 Å². The van der Waals surface area contributed by atoms with Crippen molar-refractivity contribution < 1.29 is 4.57 Å². The third kappa shape index (κ3) is 18.2. The Bertz CT molecular complexity index is 506. The molecule has 1 heterocycles. The Balaban J connectivity index is 2.27. The summed E-state index contributed by atoms with van der Waals surface area (Å²) in [5.41, 5.74) is 0. The van der Waals surface area contributed by atoms with Gasteiger partial charge in [0.1, 0.15) is 12.4 Å². The molecule has 0 fully saturated rings. The highest BCUT2D eigenvalue weighted by molar-refractivity contribution is 4.84. The van der Waals surface area contributed by atoms with Crippen LogP contribution in [0.5, 0.6) is 0 Å². The Morgan fingerprint density at radius 1 is 0.486 bits per heavy atom. The molecule has 1 rings (SSSR count). The number of aromatic nitrogens is 2. The summed E-state index contributed by atoms with van der Waals surface area (Å²) in [4.78, 5) is 0. The van der Waals surface area contributed by atoms with E-state index in [0.717, 1.165) is 0 Å². The quantitative estimate of drug-likeness (QED) is 0.0858. The second-order valence-electron chi connectivity index (χ2n) is 11.3. The molecule has 206 valence electrons. The van der Waals surface area contributed by atoms with Crippen molar-refractivity contribution in [3.05, 3.63) is 18.2 Å². The van der Waals surface area contributed by atoms with Crippen molar-refractivity contribution in [1.82, 2.24) is 4.57 Å². The molecule has 1 aromatic rings. The summed E-state index contributed by atoms with van der Waals surface area (Å²) in [5, 5.41) is 0. The molecule has 0 saturated carbocycles. The van der Waals surface area contributed by atoms with Crippen molar-refractivity contribution in [2.75, 3.05) is 0 Å². The summed E-state index contributed by atoms with van der Waals surface area (Å²) < 4.78 is 5.21. The van der Waals surface area contributed by atoms with Crippen LogP contribution in [0.2, 0.25) is 0 Å². The van der Waals surface area contributed by atoms with Gasteiger partial charge in [-0.15, -0.1) is 0 Å². The molecule has 0 atom stereocenters. The lowest BCUT2D eigenvalue weighted by Crippen LogP contribution is -2.37. The minimum Gasteiger partial charge on any atom is -0.234 e. The maximum Gasteiger partial charge on any atom is 0.256 e. The first kappa shape index (κ1) is 32.2. The van der Waals surface area contributed by atoms with Crippen molar-refractivity contribution in [2.24, 2.45) is 0 Å². The average Bonchev–Trinajstić information content (AvgIpc) is 3.25. The van der Waals surface area contributed by atoms with Crippen molar-refractivity contribution in [3.8, 4) is 0 Å². The van der Waals surface area contributed by atoms with Crippen LogP contribution in [0.25, 0.3) is 0 Å². The van der Waals surface area contributed by atoms with Gasteiger partial charge >= 0.3 is 0 Å². The molecule has 1 aromatic heterocycles. The van der Waals surface area contributed by atoms with Gasteiger partial charge in [0.05, 0.1) is 13.1 Å². The molecule has 0 aliphatic rings. The fourth-order valence-electron chi connectivity index (χ4n) is 5.44. The normalized spacial score (nSPS) is 11.5. The van der Waals surface area contributed by atoms with Gasteiger partial charge in [0.2, 0.25) is 0 Å². The first-order chi connectivity index (χ1) is 17.3. The number of aryl methyl sites for hydroxylation is 2. The summed E-state index contributed by atoms with van der Waals surface area (Å²) in [7, 11) is 0. The van der Waals surface area contributed by atoms with Crippen LogP contribution in [0.4, 0.5) is 0 Å². The van der Waals surface area contributed by atoms with Gasteiger partial charge < -0.3 is 0 Å². The van der Waals surface area contributed by atoms with Crippen LogP contribution in [0.3, 0.4) is 0 Å². The van der Waals surface area contributed by atoms with Crippen molar-refractivity contribution in [2.45, 2.75) is 194 Å². The predicted octanol–water partition coefficient (Wildman–Crippen LogP) is 10.7. The van der Waals surface area contributed by atoms with Crippen LogP contribution >= 0.6 is 0 Å². The molecule has 2 heteroatoms. The molecule has 2 nitrogen and oxygen atoms in total. The van der Waals surface area contributed by atoms with Crippen LogP contribution in [0.1, 0.15) is 181 Å². The lowest BCUT2D eigenvalue weighted by atomic mass is 10.1. The fraction of sp³-hybridized carbons (Fsp3) is 0.909. The van der Waals surface area contributed by atoms with Gasteiger partial charge in [-0.25, -0.2) is 9.13 Å². The summed E-state index contributed by atoms with van der Waals surface area (Å²) in [6, 6.07) is 0. The molecule has 0 aromatic carbocycles. The second kappa shape index (κ2) is 24.9. The van der Waals surface area contributed by atoms with Crippen molar-refractivity contribution in [3.63, 3.8) is 0 Å². The predicted molar refractivity (Wildman–Crippen MR) is 156 cm³/mol. The summed E-state index contributed by atoms with van der Waals surface area (Å²) >= 11 is 0. The molecule has 0 amide bonds.